The molecule has 0 fully saturated rings. The SMILES string of the molecule is CCCCN=C(NCC)NCCC(=O)Nc1cccc(C)n1.I. The van der Waals surface area contributed by atoms with Crippen molar-refractivity contribution < 1.29 is 4.79 Å². The number of anilines is 1. The Morgan fingerprint density at radius 3 is 2.70 bits per heavy atom. The van der Waals surface area contributed by atoms with E-state index in [1.807, 2.05) is 26.0 Å². The van der Waals surface area contributed by atoms with Crippen LogP contribution in [0.15, 0.2) is 23.2 Å². The monoisotopic (exact) mass is 433 g/mol. The number of amides is 1. The van der Waals surface area contributed by atoms with Gasteiger partial charge in [-0.25, -0.2) is 4.98 Å². The summed E-state index contributed by atoms with van der Waals surface area (Å²) in [6, 6.07) is 5.56. The van der Waals surface area contributed by atoms with Gasteiger partial charge in [0.05, 0.1) is 0 Å². The minimum Gasteiger partial charge on any atom is -0.357 e. The first-order valence-corrected chi connectivity index (χ1v) is 7.91. The van der Waals surface area contributed by atoms with Gasteiger partial charge in [-0.15, -0.1) is 24.0 Å². The molecule has 0 aliphatic rings. The van der Waals surface area contributed by atoms with Crippen LogP contribution in [0.3, 0.4) is 0 Å². The molecule has 0 aromatic carbocycles. The molecule has 7 heteroatoms. The van der Waals surface area contributed by atoms with Crippen molar-refractivity contribution in [3.8, 4) is 0 Å². The molecular formula is C16H28IN5O. The van der Waals surface area contributed by atoms with Gasteiger partial charge in [0.2, 0.25) is 5.91 Å². The molecule has 1 rings (SSSR count). The van der Waals surface area contributed by atoms with E-state index >= 15 is 0 Å². The number of aliphatic imine (C=N–C) groups is 1. The molecule has 0 spiro atoms. The van der Waals surface area contributed by atoms with Crippen molar-refractivity contribution in [3.05, 3.63) is 23.9 Å². The Labute approximate surface area is 156 Å². The van der Waals surface area contributed by atoms with Crippen molar-refractivity contribution in [2.75, 3.05) is 25.0 Å². The van der Waals surface area contributed by atoms with Crippen LogP contribution in [-0.2, 0) is 4.79 Å². The molecule has 0 atom stereocenters. The summed E-state index contributed by atoms with van der Waals surface area (Å²) in [5.74, 6) is 1.29. The van der Waals surface area contributed by atoms with E-state index in [0.29, 0.717) is 18.8 Å². The van der Waals surface area contributed by atoms with Gasteiger partial charge in [0, 0.05) is 31.7 Å². The summed E-state index contributed by atoms with van der Waals surface area (Å²) >= 11 is 0. The van der Waals surface area contributed by atoms with E-state index < -0.39 is 0 Å². The number of pyridine rings is 1. The zero-order valence-corrected chi connectivity index (χ0v) is 16.5. The van der Waals surface area contributed by atoms with Crippen molar-refractivity contribution in [3.63, 3.8) is 0 Å². The van der Waals surface area contributed by atoms with Gasteiger partial charge in [0.1, 0.15) is 5.82 Å². The summed E-state index contributed by atoms with van der Waals surface area (Å²) in [6.45, 7) is 8.19. The molecule has 0 radical (unpaired) electrons. The lowest BCUT2D eigenvalue weighted by atomic mass is 10.3. The minimum atomic E-state index is -0.0602. The van der Waals surface area contributed by atoms with Crippen LogP contribution in [0.1, 0.15) is 38.8 Å². The Bertz CT molecular complexity index is 493. The number of nitrogens with one attached hydrogen (secondary N) is 3. The maximum Gasteiger partial charge on any atom is 0.227 e. The predicted molar refractivity (Wildman–Crippen MR) is 107 cm³/mol. The van der Waals surface area contributed by atoms with E-state index in [1.165, 1.54) is 0 Å². The summed E-state index contributed by atoms with van der Waals surface area (Å²) in [6.07, 6.45) is 2.55. The van der Waals surface area contributed by atoms with Crippen molar-refractivity contribution in [2.24, 2.45) is 4.99 Å². The highest BCUT2D eigenvalue weighted by Crippen LogP contribution is 2.03. The van der Waals surface area contributed by atoms with Gasteiger partial charge in [0.15, 0.2) is 5.96 Å². The fraction of sp³-hybridized carbons (Fsp3) is 0.562. The predicted octanol–water partition coefficient (Wildman–Crippen LogP) is 2.69. The van der Waals surface area contributed by atoms with E-state index in [-0.39, 0.29) is 29.9 Å². The fourth-order valence-electron chi connectivity index (χ4n) is 1.80. The van der Waals surface area contributed by atoms with Crippen LogP contribution in [0.25, 0.3) is 0 Å². The minimum absolute atomic E-state index is 0. The van der Waals surface area contributed by atoms with E-state index in [2.05, 4.69) is 32.9 Å². The third kappa shape index (κ3) is 10.1. The Morgan fingerprint density at radius 2 is 2.04 bits per heavy atom. The van der Waals surface area contributed by atoms with Crippen LogP contribution in [0.5, 0.6) is 0 Å². The van der Waals surface area contributed by atoms with E-state index in [1.54, 1.807) is 6.07 Å². The highest BCUT2D eigenvalue weighted by Gasteiger charge is 2.04. The van der Waals surface area contributed by atoms with Gasteiger partial charge in [-0.05, 0) is 32.4 Å². The number of unbranched alkanes of at least 4 members (excludes halogenated alkanes) is 1. The molecule has 1 heterocycles. The Kier molecular flexibility index (Phi) is 12.3. The van der Waals surface area contributed by atoms with Gasteiger partial charge in [-0.1, -0.05) is 19.4 Å². The molecule has 6 nitrogen and oxygen atoms in total. The van der Waals surface area contributed by atoms with E-state index in [0.717, 1.165) is 37.6 Å². The summed E-state index contributed by atoms with van der Waals surface area (Å²) < 4.78 is 0. The van der Waals surface area contributed by atoms with Gasteiger partial charge in [-0.3, -0.25) is 9.79 Å². The number of aryl methyl sites for hydroxylation is 1. The number of aromatic nitrogens is 1. The molecule has 23 heavy (non-hydrogen) atoms. The number of hydrogen-bond donors (Lipinski definition) is 3. The summed E-state index contributed by atoms with van der Waals surface area (Å²) in [5.41, 5.74) is 0.883. The molecule has 0 aliphatic heterocycles. The van der Waals surface area contributed by atoms with Crippen LogP contribution in [0.2, 0.25) is 0 Å². The second kappa shape index (κ2) is 13.1. The Morgan fingerprint density at radius 1 is 1.26 bits per heavy atom. The van der Waals surface area contributed by atoms with Crippen molar-refractivity contribution in [2.45, 2.75) is 40.0 Å². The summed E-state index contributed by atoms with van der Waals surface area (Å²) in [4.78, 5) is 20.6. The highest BCUT2D eigenvalue weighted by atomic mass is 127. The molecule has 0 saturated heterocycles. The zero-order valence-electron chi connectivity index (χ0n) is 14.2. The van der Waals surface area contributed by atoms with Crippen molar-refractivity contribution >= 4 is 41.7 Å². The van der Waals surface area contributed by atoms with Crippen LogP contribution >= 0.6 is 24.0 Å². The molecule has 0 saturated carbocycles. The number of carbonyl (C=O) groups is 1. The number of halogens is 1. The topological polar surface area (TPSA) is 78.4 Å². The first-order chi connectivity index (χ1) is 10.7. The van der Waals surface area contributed by atoms with Crippen LogP contribution in [0, 0.1) is 6.92 Å². The van der Waals surface area contributed by atoms with Crippen LogP contribution in [0.4, 0.5) is 5.82 Å². The van der Waals surface area contributed by atoms with Gasteiger partial charge < -0.3 is 16.0 Å². The molecule has 1 aromatic heterocycles. The Hall–Kier alpha value is -1.38. The molecule has 0 unspecified atom stereocenters. The molecule has 3 N–H and O–H groups in total. The lowest BCUT2D eigenvalue weighted by Crippen LogP contribution is -2.38. The third-order valence-corrected chi connectivity index (χ3v) is 2.93. The molecular weight excluding hydrogens is 405 g/mol. The quantitative estimate of drug-likeness (QED) is 0.255. The van der Waals surface area contributed by atoms with E-state index in [4.69, 9.17) is 0 Å². The first-order valence-electron chi connectivity index (χ1n) is 7.91. The maximum atomic E-state index is 11.9. The zero-order chi connectivity index (χ0) is 16.2. The average molecular weight is 433 g/mol. The van der Waals surface area contributed by atoms with Crippen molar-refractivity contribution in [1.82, 2.24) is 15.6 Å². The fourth-order valence-corrected chi connectivity index (χ4v) is 1.80. The van der Waals surface area contributed by atoms with Gasteiger partial charge in [-0.2, -0.15) is 0 Å². The second-order valence-electron chi connectivity index (χ2n) is 5.00. The lowest BCUT2D eigenvalue weighted by molar-refractivity contribution is -0.116. The lowest BCUT2D eigenvalue weighted by Gasteiger charge is -2.11. The van der Waals surface area contributed by atoms with E-state index in [9.17, 15) is 4.79 Å². The number of rotatable bonds is 8. The smallest absolute Gasteiger partial charge is 0.227 e. The number of nitrogens with zero attached hydrogens (tertiary/aromatic N) is 2. The number of guanidine groups is 1. The maximum absolute atomic E-state index is 11.9. The van der Waals surface area contributed by atoms with Gasteiger partial charge >= 0.3 is 0 Å². The molecule has 1 amide bonds. The first kappa shape index (κ1) is 21.6. The Balaban J connectivity index is 0.00000484. The molecule has 0 aliphatic carbocycles. The average Bonchev–Trinajstić information content (AvgIpc) is 2.47. The molecule has 1 aromatic rings. The molecule has 130 valence electrons. The summed E-state index contributed by atoms with van der Waals surface area (Å²) in [5, 5.41) is 9.12. The van der Waals surface area contributed by atoms with Crippen molar-refractivity contribution in [1.29, 1.82) is 0 Å². The largest absolute Gasteiger partial charge is 0.357 e. The third-order valence-electron chi connectivity index (χ3n) is 2.93. The second-order valence-corrected chi connectivity index (χ2v) is 5.00. The van der Waals surface area contributed by atoms with Gasteiger partial charge in [0.25, 0.3) is 0 Å². The number of hydrogen-bond acceptors (Lipinski definition) is 3. The molecule has 0 bridgehead atoms. The summed E-state index contributed by atoms with van der Waals surface area (Å²) in [7, 11) is 0. The standard InChI is InChI=1S/C16H27N5O.HI/c1-4-6-11-18-16(17-5-2)19-12-10-15(22)21-14-9-7-8-13(3)20-14;/h7-9H,4-6,10-12H2,1-3H3,(H2,17,18,19)(H,20,21,22);1H. The normalized spacial score (nSPS) is 10.7. The van der Waals surface area contributed by atoms with Crippen LogP contribution in [-0.4, -0.2) is 36.5 Å². The van der Waals surface area contributed by atoms with Crippen LogP contribution < -0.4 is 16.0 Å². The highest BCUT2D eigenvalue weighted by molar-refractivity contribution is 14.0. The number of carbonyl (C=O) groups excluding carboxylic acids is 1.